The molecular weight excluding hydrogens is 397 g/mol. The Balaban J connectivity index is 1.68. The molecule has 31 heavy (non-hydrogen) atoms. The van der Waals surface area contributed by atoms with Gasteiger partial charge in [-0.15, -0.1) is 0 Å². The van der Waals surface area contributed by atoms with E-state index in [0.717, 1.165) is 38.3 Å². The number of likely N-dealkylation sites (N-methyl/N-ethyl adjacent to an activating group) is 1. The fraction of sp³-hybridized carbons (Fsp3) is 0.333. The normalized spacial score (nSPS) is 14.5. The molecule has 6 nitrogen and oxygen atoms in total. The molecule has 0 amide bonds. The van der Waals surface area contributed by atoms with E-state index >= 15 is 0 Å². The Morgan fingerprint density at radius 2 is 1.94 bits per heavy atom. The molecule has 2 aromatic rings. The number of allylic oxidation sites excluding steroid dienone is 1. The van der Waals surface area contributed by atoms with E-state index < -0.39 is 0 Å². The topological polar surface area (TPSA) is 65.8 Å². The average molecular weight is 423 g/mol. The molecule has 1 fully saturated rings. The fourth-order valence-corrected chi connectivity index (χ4v) is 3.51. The van der Waals surface area contributed by atoms with Crippen molar-refractivity contribution in [1.29, 1.82) is 5.26 Å². The van der Waals surface area contributed by atoms with E-state index in [1.54, 1.807) is 36.4 Å². The van der Waals surface area contributed by atoms with Crippen molar-refractivity contribution in [2.75, 3.05) is 51.3 Å². The zero-order valence-electron chi connectivity index (χ0n) is 17.8. The van der Waals surface area contributed by atoms with E-state index in [0.29, 0.717) is 22.7 Å². The van der Waals surface area contributed by atoms with Crippen LogP contribution in [0.25, 0.3) is 6.08 Å². The molecule has 0 aromatic heterocycles. The van der Waals surface area contributed by atoms with E-state index in [9.17, 15) is 9.18 Å². The Bertz CT molecular complexity index is 992. The maximum absolute atomic E-state index is 14.7. The highest BCUT2D eigenvalue weighted by Crippen LogP contribution is 2.28. The fourth-order valence-electron chi connectivity index (χ4n) is 3.51. The Labute approximate surface area is 182 Å². The van der Waals surface area contributed by atoms with E-state index in [1.165, 1.54) is 19.3 Å². The first-order valence-corrected chi connectivity index (χ1v) is 10.2. The van der Waals surface area contributed by atoms with Crippen molar-refractivity contribution in [1.82, 2.24) is 4.90 Å². The third kappa shape index (κ3) is 5.62. The largest absolute Gasteiger partial charge is 0.493 e. The second kappa shape index (κ2) is 10.6. The van der Waals surface area contributed by atoms with Crippen LogP contribution < -0.4 is 14.4 Å². The Kier molecular flexibility index (Phi) is 7.63. The summed E-state index contributed by atoms with van der Waals surface area (Å²) in [5, 5.41) is 8.64. The van der Waals surface area contributed by atoms with Gasteiger partial charge in [0.25, 0.3) is 0 Å². The minimum absolute atomic E-state index is 0.0835. The van der Waals surface area contributed by atoms with E-state index in [2.05, 4.69) is 11.8 Å². The van der Waals surface area contributed by atoms with Gasteiger partial charge in [-0.1, -0.05) is 19.1 Å². The lowest BCUT2D eigenvalue weighted by molar-refractivity contribution is 0.104. The third-order valence-electron chi connectivity index (χ3n) is 5.30. The van der Waals surface area contributed by atoms with Crippen molar-refractivity contribution in [3.8, 4) is 17.6 Å². The molecule has 0 saturated carbocycles. The number of ketones is 1. The van der Waals surface area contributed by atoms with Crippen molar-refractivity contribution in [2.45, 2.75) is 6.92 Å². The second-order valence-electron chi connectivity index (χ2n) is 7.14. The average Bonchev–Trinajstić information content (AvgIpc) is 2.81. The molecule has 0 radical (unpaired) electrons. The first-order chi connectivity index (χ1) is 15.0. The Hall–Kier alpha value is -3.37. The molecule has 0 spiro atoms. The maximum atomic E-state index is 14.7. The predicted molar refractivity (Wildman–Crippen MR) is 118 cm³/mol. The highest BCUT2D eigenvalue weighted by molar-refractivity contribution is 6.07. The molecule has 162 valence electrons. The maximum Gasteiger partial charge on any atom is 0.185 e. The van der Waals surface area contributed by atoms with Gasteiger partial charge in [-0.05, 0) is 48.5 Å². The second-order valence-corrected chi connectivity index (χ2v) is 7.14. The highest BCUT2D eigenvalue weighted by atomic mass is 19.1. The van der Waals surface area contributed by atoms with Crippen LogP contribution in [0.3, 0.4) is 0 Å². The molecule has 1 aliphatic rings. The van der Waals surface area contributed by atoms with E-state index in [1.807, 2.05) is 11.0 Å². The summed E-state index contributed by atoms with van der Waals surface area (Å²) in [6, 6.07) is 11.7. The zero-order chi connectivity index (χ0) is 22.2. The van der Waals surface area contributed by atoms with Crippen LogP contribution in [0.1, 0.15) is 22.8 Å². The van der Waals surface area contributed by atoms with Gasteiger partial charge in [0, 0.05) is 31.7 Å². The number of hydrogen-bond donors (Lipinski definition) is 0. The summed E-state index contributed by atoms with van der Waals surface area (Å²) in [5.41, 5.74) is 1.56. The molecule has 2 aromatic carbocycles. The minimum atomic E-state index is -0.384. The number of anilines is 1. The SMILES string of the molecule is CCN1CCN(c2ccc(C(=O)/C=C/c3ccc(OCC#N)c(OC)c3)cc2F)CC1. The van der Waals surface area contributed by atoms with Crippen LogP contribution in [0.4, 0.5) is 10.1 Å². The number of methoxy groups -OCH3 is 1. The minimum Gasteiger partial charge on any atom is -0.493 e. The van der Waals surface area contributed by atoms with Crippen LogP contribution in [0, 0.1) is 17.1 Å². The summed E-state index contributed by atoms with van der Waals surface area (Å²) in [4.78, 5) is 16.9. The van der Waals surface area contributed by atoms with Crippen LogP contribution in [0.2, 0.25) is 0 Å². The summed E-state index contributed by atoms with van der Waals surface area (Å²) >= 11 is 0. The summed E-state index contributed by atoms with van der Waals surface area (Å²) < 4.78 is 25.2. The van der Waals surface area contributed by atoms with Gasteiger partial charge in [0.1, 0.15) is 11.9 Å². The molecule has 1 aliphatic heterocycles. The highest BCUT2D eigenvalue weighted by Gasteiger charge is 2.19. The molecule has 7 heteroatoms. The number of hydrogen-bond acceptors (Lipinski definition) is 6. The van der Waals surface area contributed by atoms with Crippen LogP contribution >= 0.6 is 0 Å². The molecule has 0 N–H and O–H groups in total. The molecular formula is C24H26FN3O3. The number of nitriles is 1. The molecule has 1 saturated heterocycles. The van der Waals surface area contributed by atoms with Crippen LogP contribution in [0.5, 0.6) is 11.5 Å². The molecule has 1 heterocycles. The van der Waals surface area contributed by atoms with Gasteiger partial charge in [-0.2, -0.15) is 5.26 Å². The summed E-state index contributed by atoms with van der Waals surface area (Å²) in [5.74, 6) is 0.239. The number of rotatable bonds is 8. The number of piperazine rings is 1. The van der Waals surface area contributed by atoms with Gasteiger partial charge in [-0.3, -0.25) is 4.79 Å². The van der Waals surface area contributed by atoms with Crippen molar-refractivity contribution in [3.05, 3.63) is 59.4 Å². The Morgan fingerprint density at radius 1 is 1.16 bits per heavy atom. The van der Waals surface area contributed by atoms with Crippen molar-refractivity contribution in [2.24, 2.45) is 0 Å². The lowest BCUT2D eigenvalue weighted by Gasteiger charge is -2.35. The number of benzene rings is 2. The van der Waals surface area contributed by atoms with Crippen molar-refractivity contribution in [3.63, 3.8) is 0 Å². The van der Waals surface area contributed by atoms with Crippen molar-refractivity contribution >= 4 is 17.5 Å². The van der Waals surface area contributed by atoms with E-state index in [-0.39, 0.29) is 18.2 Å². The first kappa shape index (κ1) is 22.3. The number of ether oxygens (including phenoxy) is 2. The van der Waals surface area contributed by atoms with E-state index in [4.69, 9.17) is 14.7 Å². The number of nitrogens with zero attached hydrogens (tertiary/aromatic N) is 3. The van der Waals surface area contributed by atoms with Crippen LogP contribution in [-0.4, -0.2) is 57.1 Å². The van der Waals surface area contributed by atoms with Gasteiger partial charge >= 0.3 is 0 Å². The summed E-state index contributed by atoms with van der Waals surface area (Å²) in [7, 11) is 1.50. The predicted octanol–water partition coefficient (Wildman–Crippen LogP) is 3.77. The summed E-state index contributed by atoms with van der Waals surface area (Å²) in [6.07, 6.45) is 3.04. The molecule has 3 rings (SSSR count). The third-order valence-corrected chi connectivity index (χ3v) is 5.30. The van der Waals surface area contributed by atoms with Gasteiger partial charge in [0.05, 0.1) is 12.8 Å². The first-order valence-electron chi connectivity index (χ1n) is 10.2. The number of halogens is 1. The molecule has 0 atom stereocenters. The van der Waals surface area contributed by atoms with Crippen molar-refractivity contribution < 1.29 is 18.7 Å². The molecule has 0 unspecified atom stereocenters. The monoisotopic (exact) mass is 423 g/mol. The van der Waals surface area contributed by atoms with Gasteiger partial charge < -0.3 is 19.3 Å². The lowest BCUT2D eigenvalue weighted by atomic mass is 10.1. The quantitative estimate of drug-likeness (QED) is 0.476. The standard InChI is InChI=1S/C24H26FN3O3/c1-3-27-11-13-28(14-12-27)21-7-6-19(17-20(21)25)22(29)8-4-18-5-9-23(31-15-10-26)24(16-18)30-2/h4-9,16-17H,3,11-15H2,1-2H3/b8-4+. The molecule has 0 bridgehead atoms. The smallest absolute Gasteiger partial charge is 0.185 e. The zero-order valence-corrected chi connectivity index (χ0v) is 17.8. The van der Waals surface area contributed by atoms with Crippen LogP contribution in [0.15, 0.2) is 42.5 Å². The number of carbonyl (C=O) groups excluding carboxylic acids is 1. The Morgan fingerprint density at radius 3 is 2.58 bits per heavy atom. The van der Waals surface area contributed by atoms with Gasteiger partial charge in [0.2, 0.25) is 0 Å². The molecule has 0 aliphatic carbocycles. The lowest BCUT2D eigenvalue weighted by Crippen LogP contribution is -2.46. The number of carbonyl (C=O) groups is 1. The van der Waals surface area contributed by atoms with Gasteiger partial charge in [-0.25, -0.2) is 4.39 Å². The van der Waals surface area contributed by atoms with Gasteiger partial charge in [0.15, 0.2) is 23.9 Å². The van der Waals surface area contributed by atoms with Crippen LogP contribution in [-0.2, 0) is 0 Å². The summed E-state index contributed by atoms with van der Waals surface area (Å²) in [6.45, 7) is 6.39.